The van der Waals surface area contributed by atoms with Crippen LogP contribution in [0.5, 0.6) is 0 Å². The Labute approximate surface area is 100.0 Å². The lowest BCUT2D eigenvalue weighted by atomic mass is 9.69. The van der Waals surface area contributed by atoms with E-state index in [1.807, 2.05) is 6.07 Å². The van der Waals surface area contributed by atoms with Crippen molar-refractivity contribution in [2.75, 3.05) is 0 Å². The summed E-state index contributed by atoms with van der Waals surface area (Å²) in [7, 11) is 0. The SMILES string of the molecule is CC1(C)C(Br)CC1OCc1ccccc1. The molecule has 0 saturated heterocycles. The van der Waals surface area contributed by atoms with Gasteiger partial charge in [0.2, 0.25) is 0 Å². The lowest BCUT2D eigenvalue weighted by Crippen LogP contribution is -2.51. The highest BCUT2D eigenvalue weighted by molar-refractivity contribution is 9.09. The topological polar surface area (TPSA) is 9.23 Å². The van der Waals surface area contributed by atoms with E-state index in [1.165, 1.54) is 5.56 Å². The molecule has 2 heteroatoms. The Morgan fingerprint density at radius 1 is 1.33 bits per heavy atom. The zero-order valence-corrected chi connectivity index (χ0v) is 10.8. The molecule has 0 spiro atoms. The van der Waals surface area contributed by atoms with Crippen LogP contribution < -0.4 is 0 Å². The number of hydrogen-bond donors (Lipinski definition) is 0. The Morgan fingerprint density at radius 3 is 2.53 bits per heavy atom. The van der Waals surface area contributed by atoms with Crippen LogP contribution in [-0.2, 0) is 11.3 Å². The van der Waals surface area contributed by atoms with Crippen LogP contribution in [0.25, 0.3) is 0 Å². The van der Waals surface area contributed by atoms with Gasteiger partial charge >= 0.3 is 0 Å². The third kappa shape index (κ3) is 2.26. The molecule has 15 heavy (non-hydrogen) atoms. The van der Waals surface area contributed by atoms with Crippen LogP contribution in [0, 0.1) is 5.41 Å². The van der Waals surface area contributed by atoms with Crippen molar-refractivity contribution in [3.8, 4) is 0 Å². The van der Waals surface area contributed by atoms with Crippen molar-refractivity contribution in [1.82, 2.24) is 0 Å². The maximum absolute atomic E-state index is 5.92. The minimum atomic E-state index is 0.273. The van der Waals surface area contributed by atoms with Crippen LogP contribution in [0.2, 0.25) is 0 Å². The molecule has 1 nitrogen and oxygen atoms in total. The Bertz CT molecular complexity index is 321. The van der Waals surface area contributed by atoms with E-state index in [1.54, 1.807) is 0 Å². The van der Waals surface area contributed by atoms with E-state index < -0.39 is 0 Å². The van der Waals surface area contributed by atoms with E-state index in [2.05, 4.69) is 54.0 Å². The number of alkyl halides is 1. The summed E-state index contributed by atoms with van der Waals surface area (Å²) in [6.45, 7) is 5.24. The molecule has 0 aliphatic heterocycles. The molecule has 1 aliphatic carbocycles. The summed E-state index contributed by atoms with van der Waals surface area (Å²) in [5, 5.41) is 0. The Morgan fingerprint density at radius 2 is 2.00 bits per heavy atom. The normalized spacial score (nSPS) is 28.5. The quantitative estimate of drug-likeness (QED) is 0.759. The molecule has 82 valence electrons. The number of hydrogen-bond acceptors (Lipinski definition) is 1. The molecule has 1 fully saturated rings. The van der Waals surface area contributed by atoms with E-state index in [9.17, 15) is 0 Å². The first-order chi connectivity index (χ1) is 7.10. The van der Waals surface area contributed by atoms with Crippen molar-refractivity contribution in [2.24, 2.45) is 5.41 Å². The van der Waals surface area contributed by atoms with Crippen LogP contribution in [0.3, 0.4) is 0 Å². The molecule has 0 bridgehead atoms. The van der Waals surface area contributed by atoms with Crippen LogP contribution in [-0.4, -0.2) is 10.9 Å². The van der Waals surface area contributed by atoms with Gasteiger partial charge in [-0.25, -0.2) is 0 Å². The maximum atomic E-state index is 5.92. The van der Waals surface area contributed by atoms with Crippen molar-refractivity contribution in [2.45, 2.75) is 37.8 Å². The summed E-state index contributed by atoms with van der Waals surface area (Å²) in [4.78, 5) is 0.603. The summed E-state index contributed by atoms with van der Waals surface area (Å²) < 4.78 is 5.92. The van der Waals surface area contributed by atoms with Gasteiger partial charge in [0.05, 0.1) is 12.7 Å². The molecule has 2 unspecified atom stereocenters. The smallest absolute Gasteiger partial charge is 0.0720 e. The second kappa shape index (κ2) is 4.26. The van der Waals surface area contributed by atoms with Crippen molar-refractivity contribution in [3.05, 3.63) is 35.9 Å². The fourth-order valence-corrected chi connectivity index (χ4v) is 2.52. The third-order valence-electron chi connectivity index (χ3n) is 3.35. The van der Waals surface area contributed by atoms with Gasteiger partial charge in [-0.05, 0) is 12.0 Å². The predicted octanol–water partition coefficient (Wildman–Crippen LogP) is 3.77. The monoisotopic (exact) mass is 268 g/mol. The van der Waals surface area contributed by atoms with Gasteiger partial charge in [0.15, 0.2) is 0 Å². The molecule has 2 rings (SSSR count). The highest BCUT2D eigenvalue weighted by Crippen LogP contribution is 2.47. The van der Waals surface area contributed by atoms with Gasteiger partial charge in [0, 0.05) is 10.2 Å². The van der Waals surface area contributed by atoms with E-state index in [0.717, 1.165) is 13.0 Å². The van der Waals surface area contributed by atoms with Crippen LogP contribution in [0.1, 0.15) is 25.8 Å². The van der Waals surface area contributed by atoms with Crippen molar-refractivity contribution in [1.29, 1.82) is 0 Å². The van der Waals surface area contributed by atoms with Crippen LogP contribution in [0.15, 0.2) is 30.3 Å². The minimum absolute atomic E-state index is 0.273. The second-order valence-corrected chi connectivity index (χ2v) is 5.92. The largest absolute Gasteiger partial charge is 0.373 e. The number of benzene rings is 1. The van der Waals surface area contributed by atoms with Gasteiger partial charge in [-0.2, -0.15) is 0 Å². The average molecular weight is 269 g/mol. The molecule has 1 aliphatic rings. The number of rotatable bonds is 3. The van der Waals surface area contributed by atoms with Crippen LogP contribution in [0.4, 0.5) is 0 Å². The lowest BCUT2D eigenvalue weighted by molar-refractivity contribution is -0.0931. The molecule has 1 saturated carbocycles. The van der Waals surface area contributed by atoms with Crippen molar-refractivity contribution in [3.63, 3.8) is 0 Å². The molecule has 0 amide bonds. The summed E-state index contributed by atoms with van der Waals surface area (Å²) in [5.41, 5.74) is 1.53. The zero-order valence-electron chi connectivity index (χ0n) is 9.24. The van der Waals surface area contributed by atoms with Gasteiger partial charge in [-0.3, -0.25) is 0 Å². The van der Waals surface area contributed by atoms with Gasteiger partial charge in [-0.1, -0.05) is 60.1 Å². The fraction of sp³-hybridized carbons (Fsp3) is 0.538. The Hall–Kier alpha value is -0.340. The van der Waals surface area contributed by atoms with E-state index in [4.69, 9.17) is 4.74 Å². The van der Waals surface area contributed by atoms with E-state index in [-0.39, 0.29) is 5.41 Å². The summed E-state index contributed by atoms with van der Waals surface area (Å²) in [5.74, 6) is 0. The summed E-state index contributed by atoms with van der Waals surface area (Å²) in [6.07, 6.45) is 1.52. The summed E-state index contributed by atoms with van der Waals surface area (Å²) in [6, 6.07) is 10.4. The molecule has 1 aromatic carbocycles. The van der Waals surface area contributed by atoms with Gasteiger partial charge in [-0.15, -0.1) is 0 Å². The van der Waals surface area contributed by atoms with Crippen molar-refractivity contribution >= 4 is 15.9 Å². The molecular weight excluding hydrogens is 252 g/mol. The van der Waals surface area contributed by atoms with Gasteiger partial charge < -0.3 is 4.74 Å². The van der Waals surface area contributed by atoms with E-state index in [0.29, 0.717) is 10.9 Å². The molecular formula is C13H17BrO. The number of halogens is 1. The Balaban J connectivity index is 1.85. The molecule has 2 atom stereocenters. The van der Waals surface area contributed by atoms with Crippen molar-refractivity contribution < 1.29 is 4.74 Å². The molecule has 0 N–H and O–H groups in total. The van der Waals surface area contributed by atoms with Crippen LogP contribution >= 0.6 is 15.9 Å². The Kier molecular flexibility index (Phi) is 3.17. The molecule has 0 heterocycles. The third-order valence-corrected chi connectivity index (χ3v) is 4.91. The first-order valence-electron chi connectivity index (χ1n) is 5.40. The first kappa shape index (κ1) is 11.2. The number of ether oxygens (including phenoxy) is 1. The molecule has 0 radical (unpaired) electrons. The second-order valence-electron chi connectivity index (χ2n) is 4.81. The van der Waals surface area contributed by atoms with E-state index >= 15 is 0 Å². The standard InChI is InChI=1S/C13H17BrO/c1-13(2)11(14)8-12(13)15-9-10-6-4-3-5-7-10/h3-7,11-12H,8-9H2,1-2H3. The van der Waals surface area contributed by atoms with Gasteiger partial charge in [0.25, 0.3) is 0 Å². The molecule has 0 aromatic heterocycles. The lowest BCUT2D eigenvalue weighted by Gasteiger charge is -2.48. The zero-order chi connectivity index (χ0) is 10.9. The minimum Gasteiger partial charge on any atom is -0.373 e. The maximum Gasteiger partial charge on any atom is 0.0720 e. The summed E-state index contributed by atoms with van der Waals surface area (Å²) >= 11 is 3.67. The average Bonchev–Trinajstić information content (AvgIpc) is 2.25. The molecule has 1 aromatic rings. The fourth-order valence-electron chi connectivity index (χ4n) is 1.89. The highest BCUT2D eigenvalue weighted by atomic mass is 79.9. The first-order valence-corrected chi connectivity index (χ1v) is 6.32. The predicted molar refractivity (Wildman–Crippen MR) is 66.1 cm³/mol. The van der Waals surface area contributed by atoms with Gasteiger partial charge in [0.1, 0.15) is 0 Å². The highest BCUT2D eigenvalue weighted by Gasteiger charge is 2.47.